The zero-order valence-electron chi connectivity index (χ0n) is 10.6. The van der Waals surface area contributed by atoms with Gasteiger partial charge in [0.25, 0.3) is 11.5 Å². The standard InChI is InChI=1S/C11H12N4O4S/c1-2-19-11(18)6-4-20-9-8(6)10(17)15(5-13-9)3-7(16)14-12/h4-5H,2-3,12H2,1H3,(H,14,16). The molecule has 0 unspecified atom stereocenters. The lowest BCUT2D eigenvalue weighted by Gasteiger charge is -2.04. The molecule has 2 heterocycles. The summed E-state index contributed by atoms with van der Waals surface area (Å²) in [5.74, 6) is 3.85. The molecule has 1 amide bonds. The molecule has 0 aromatic carbocycles. The summed E-state index contributed by atoms with van der Waals surface area (Å²) in [6, 6.07) is 0. The topological polar surface area (TPSA) is 116 Å². The Morgan fingerprint density at radius 1 is 1.55 bits per heavy atom. The Kier molecular flexibility index (Phi) is 4.11. The second kappa shape index (κ2) is 5.80. The molecule has 2 aromatic heterocycles. The molecular formula is C11H12N4O4S. The van der Waals surface area contributed by atoms with Crippen molar-refractivity contribution in [2.75, 3.05) is 6.61 Å². The van der Waals surface area contributed by atoms with Crippen molar-refractivity contribution in [1.82, 2.24) is 15.0 Å². The van der Waals surface area contributed by atoms with Crippen LogP contribution in [0.2, 0.25) is 0 Å². The van der Waals surface area contributed by atoms with Crippen LogP contribution in [-0.4, -0.2) is 28.0 Å². The maximum Gasteiger partial charge on any atom is 0.339 e. The van der Waals surface area contributed by atoms with Gasteiger partial charge in [0.05, 0.1) is 23.9 Å². The van der Waals surface area contributed by atoms with E-state index in [1.807, 2.05) is 5.43 Å². The van der Waals surface area contributed by atoms with Crippen molar-refractivity contribution in [3.63, 3.8) is 0 Å². The van der Waals surface area contributed by atoms with Crippen molar-refractivity contribution in [3.05, 3.63) is 27.6 Å². The third-order valence-corrected chi connectivity index (χ3v) is 3.42. The van der Waals surface area contributed by atoms with Gasteiger partial charge in [0, 0.05) is 5.38 Å². The van der Waals surface area contributed by atoms with Gasteiger partial charge in [-0.2, -0.15) is 0 Å². The number of carbonyl (C=O) groups is 2. The van der Waals surface area contributed by atoms with Gasteiger partial charge in [-0.3, -0.25) is 19.6 Å². The number of ether oxygens (including phenoxy) is 1. The molecule has 0 aliphatic heterocycles. The van der Waals surface area contributed by atoms with Crippen LogP contribution in [0.25, 0.3) is 10.2 Å². The molecule has 0 radical (unpaired) electrons. The summed E-state index contributed by atoms with van der Waals surface area (Å²) in [5.41, 5.74) is 1.60. The molecule has 0 aliphatic rings. The van der Waals surface area contributed by atoms with Crippen molar-refractivity contribution in [2.24, 2.45) is 5.84 Å². The maximum atomic E-state index is 12.3. The van der Waals surface area contributed by atoms with E-state index in [-0.39, 0.29) is 24.1 Å². The molecule has 0 fully saturated rings. The van der Waals surface area contributed by atoms with E-state index < -0.39 is 17.4 Å². The molecule has 9 heteroatoms. The monoisotopic (exact) mass is 296 g/mol. The number of thiophene rings is 1. The normalized spacial score (nSPS) is 10.5. The number of nitrogens with zero attached hydrogens (tertiary/aromatic N) is 2. The Labute approximate surface area is 117 Å². The Bertz CT molecular complexity index is 721. The van der Waals surface area contributed by atoms with Crippen LogP contribution < -0.4 is 16.8 Å². The van der Waals surface area contributed by atoms with E-state index in [2.05, 4.69) is 4.98 Å². The lowest BCUT2D eigenvalue weighted by molar-refractivity contribution is -0.121. The maximum absolute atomic E-state index is 12.3. The van der Waals surface area contributed by atoms with E-state index >= 15 is 0 Å². The fourth-order valence-electron chi connectivity index (χ4n) is 1.64. The molecular weight excluding hydrogens is 284 g/mol. The second-order valence-electron chi connectivity index (χ2n) is 3.80. The minimum Gasteiger partial charge on any atom is -0.462 e. The molecule has 3 N–H and O–H groups in total. The molecule has 0 spiro atoms. The van der Waals surface area contributed by atoms with Crippen molar-refractivity contribution in [3.8, 4) is 0 Å². The Morgan fingerprint density at radius 3 is 2.95 bits per heavy atom. The van der Waals surface area contributed by atoms with Crippen LogP contribution in [0.15, 0.2) is 16.5 Å². The van der Waals surface area contributed by atoms with E-state index in [9.17, 15) is 14.4 Å². The van der Waals surface area contributed by atoms with Gasteiger partial charge in [-0.25, -0.2) is 15.6 Å². The minimum atomic E-state index is -0.585. The van der Waals surface area contributed by atoms with Gasteiger partial charge in [-0.1, -0.05) is 0 Å². The first-order chi connectivity index (χ1) is 9.58. The predicted octanol–water partition coefficient (Wildman–Crippen LogP) is -0.375. The molecule has 8 nitrogen and oxygen atoms in total. The molecule has 0 bridgehead atoms. The van der Waals surface area contributed by atoms with Crippen LogP contribution in [0.5, 0.6) is 0 Å². The number of rotatable bonds is 4. The number of aromatic nitrogens is 2. The van der Waals surface area contributed by atoms with E-state index in [0.717, 1.165) is 4.57 Å². The zero-order chi connectivity index (χ0) is 14.7. The van der Waals surface area contributed by atoms with Crippen molar-refractivity contribution >= 4 is 33.4 Å². The number of hydrogen-bond acceptors (Lipinski definition) is 7. The predicted molar refractivity (Wildman–Crippen MR) is 72.2 cm³/mol. The third-order valence-electron chi connectivity index (χ3n) is 2.53. The van der Waals surface area contributed by atoms with Crippen LogP contribution in [-0.2, 0) is 16.1 Å². The average molecular weight is 296 g/mol. The average Bonchev–Trinajstić information content (AvgIpc) is 2.86. The van der Waals surface area contributed by atoms with Crippen LogP contribution in [0.1, 0.15) is 17.3 Å². The highest BCUT2D eigenvalue weighted by molar-refractivity contribution is 7.17. The molecule has 106 valence electrons. The van der Waals surface area contributed by atoms with Gasteiger partial charge in [-0.15, -0.1) is 11.3 Å². The lowest BCUT2D eigenvalue weighted by atomic mass is 10.2. The lowest BCUT2D eigenvalue weighted by Crippen LogP contribution is -2.36. The van der Waals surface area contributed by atoms with Gasteiger partial charge in [0.15, 0.2) is 0 Å². The largest absolute Gasteiger partial charge is 0.462 e. The molecule has 0 aliphatic carbocycles. The SMILES string of the molecule is CCOC(=O)c1csc2ncn(CC(=O)NN)c(=O)c12. The number of nitrogens with two attached hydrogens (primary N) is 1. The molecule has 2 rings (SSSR count). The molecule has 2 aromatic rings. The third kappa shape index (κ3) is 2.53. The first-order valence-electron chi connectivity index (χ1n) is 5.71. The number of hydrogen-bond donors (Lipinski definition) is 2. The number of nitrogens with one attached hydrogen (secondary N) is 1. The number of hydrazine groups is 1. The van der Waals surface area contributed by atoms with Gasteiger partial charge < -0.3 is 4.74 Å². The summed E-state index contributed by atoms with van der Waals surface area (Å²) in [7, 11) is 0. The van der Waals surface area contributed by atoms with Gasteiger partial charge in [-0.05, 0) is 6.92 Å². The van der Waals surface area contributed by atoms with Gasteiger partial charge in [0.1, 0.15) is 11.4 Å². The fourth-order valence-corrected chi connectivity index (χ4v) is 2.51. The van der Waals surface area contributed by atoms with Crippen LogP contribution in [0, 0.1) is 0 Å². The molecule has 0 atom stereocenters. The van der Waals surface area contributed by atoms with Gasteiger partial charge in [0.2, 0.25) is 0 Å². The first kappa shape index (κ1) is 14.2. The number of fused-ring (bicyclic) bond motifs is 1. The van der Waals surface area contributed by atoms with Crippen molar-refractivity contribution in [1.29, 1.82) is 0 Å². The highest BCUT2D eigenvalue weighted by atomic mass is 32.1. The Hall–Kier alpha value is -2.26. The zero-order valence-corrected chi connectivity index (χ0v) is 11.4. The van der Waals surface area contributed by atoms with Crippen molar-refractivity contribution in [2.45, 2.75) is 13.5 Å². The molecule has 20 heavy (non-hydrogen) atoms. The first-order valence-corrected chi connectivity index (χ1v) is 6.59. The summed E-state index contributed by atoms with van der Waals surface area (Å²) in [6.07, 6.45) is 1.24. The summed E-state index contributed by atoms with van der Waals surface area (Å²) in [5, 5.41) is 1.67. The van der Waals surface area contributed by atoms with Crippen LogP contribution in [0.4, 0.5) is 0 Å². The fraction of sp³-hybridized carbons (Fsp3) is 0.273. The van der Waals surface area contributed by atoms with Gasteiger partial charge >= 0.3 is 5.97 Å². The number of carbonyl (C=O) groups excluding carboxylic acids is 2. The summed E-state index contributed by atoms with van der Waals surface area (Å²) in [6.45, 7) is 1.62. The van der Waals surface area contributed by atoms with Crippen LogP contribution in [0.3, 0.4) is 0 Å². The number of esters is 1. The highest BCUT2D eigenvalue weighted by Gasteiger charge is 2.18. The Balaban J connectivity index is 2.53. The smallest absolute Gasteiger partial charge is 0.339 e. The summed E-state index contributed by atoms with van der Waals surface area (Å²) < 4.78 is 5.97. The highest BCUT2D eigenvalue weighted by Crippen LogP contribution is 2.21. The van der Waals surface area contributed by atoms with Crippen LogP contribution >= 0.6 is 11.3 Å². The Morgan fingerprint density at radius 2 is 2.30 bits per heavy atom. The minimum absolute atomic E-state index is 0.153. The van der Waals surface area contributed by atoms with Crippen molar-refractivity contribution < 1.29 is 14.3 Å². The quantitative estimate of drug-likeness (QED) is 0.344. The van der Waals surface area contributed by atoms with E-state index in [4.69, 9.17) is 10.6 Å². The summed E-state index contributed by atoms with van der Waals surface area (Å²) >= 11 is 1.17. The molecule has 0 saturated carbocycles. The van der Waals surface area contributed by atoms with E-state index in [1.165, 1.54) is 23.0 Å². The van der Waals surface area contributed by atoms with E-state index in [0.29, 0.717) is 4.83 Å². The molecule has 0 saturated heterocycles. The summed E-state index contributed by atoms with van der Waals surface area (Å²) in [4.78, 5) is 39.7. The van der Waals surface area contributed by atoms with E-state index in [1.54, 1.807) is 6.92 Å². The second-order valence-corrected chi connectivity index (χ2v) is 4.65. The number of amides is 1.